The van der Waals surface area contributed by atoms with Crippen molar-refractivity contribution in [3.8, 4) is 0 Å². The molecule has 1 aromatic rings. The molecule has 2 fully saturated rings. The maximum Gasteiger partial charge on any atom is 0.262 e. The third-order valence-electron chi connectivity index (χ3n) is 5.57. The number of aryl methyl sites for hydroxylation is 2. The molecule has 2 aliphatic rings. The Kier molecular flexibility index (Phi) is 5.95. The van der Waals surface area contributed by atoms with Crippen molar-refractivity contribution in [2.45, 2.75) is 45.1 Å². The molecule has 27 heavy (non-hydrogen) atoms. The van der Waals surface area contributed by atoms with Gasteiger partial charge in [0.25, 0.3) is 5.91 Å². The van der Waals surface area contributed by atoms with Crippen LogP contribution in [0.4, 0.5) is 0 Å². The first-order valence-electron chi connectivity index (χ1n) is 9.40. The normalized spacial score (nSPS) is 22.8. The Morgan fingerprint density at radius 1 is 1.19 bits per heavy atom. The number of benzene rings is 1. The average Bonchev–Trinajstić information content (AvgIpc) is 2.84. The smallest absolute Gasteiger partial charge is 0.262 e. The Bertz CT molecular complexity index is 712. The number of hydrogen-bond acceptors (Lipinski definition) is 6. The van der Waals surface area contributed by atoms with Gasteiger partial charge >= 0.3 is 0 Å². The van der Waals surface area contributed by atoms with E-state index in [2.05, 4.69) is 0 Å². The molecular weight excluding hydrogens is 348 g/mol. The standard InChI is InChI=1S/C20H28N2O5/c1-5-26-13-27-22-19(24)17(16-7-6-14(2)12-15(16)3)18(23)20(22)8-10-21(25-4)11-9-20/h6-7,12,17H,5,8-11,13H2,1-4H3. The summed E-state index contributed by atoms with van der Waals surface area (Å²) in [7, 11) is 1.61. The van der Waals surface area contributed by atoms with Gasteiger partial charge in [-0.05, 0) is 44.7 Å². The molecule has 2 saturated heterocycles. The summed E-state index contributed by atoms with van der Waals surface area (Å²) in [4.78, 5) is 37.7. The van der Waals surface area contributed by atoms with Crippen LogP contribution in [0.25, 0.3) is 0 Å². The van der Waals surface area contributed by atoms with E-state index in [1.807, 2.05) is 39.0 Å². The third kappa shape index (κ3) is 3.52. The van der Waals surface area contributed by atoms with Gasteiger partial charge in [-0.15, -0.1) is 0 Å². The van der Waals surface area contributed by atoms with E-state index in [-0.39, 0.29) is 18.5 Å². The fourth-order valence-corrected chi connectivity index (χ4v) is 4.08. The van der Waals surface area contributed by atoms with Gasteiger partial charge in [0.2, 0.25) is 0 Å². The summed E-state index contributed by atoms with van der Waals surface area (Å²) < 4.78 is 5.27. The van der Waals surface area contributed by atoms with E-state index in [0.29, 0.717) is 32.5 Å². The second-order valence-electron chi connectivity index (χ2n) is 7.17. The van der Waals surface area contributed by atoms with E-state index in [4.69, 9.17) is 14.4 Å². The summed E-state index contributed by atoms with van der Waals surface area (Å²) in [6.45, 7) is 7.33. The molecule has 1 atom stereocenters. The van der Waals surface area contributed by atoms with E-state index in [0.717, 1.165) is 16.7 Å². The number of carbonyl (C=O) groups excluding carboxylic acids is 2. The highest BCUT2D eigenvalue weighted by molar-refractivity contribution is 6.17. The minimum absolute atomic E-state index is 0.0507. The molecule has 0 saturated carbocycles. The van der Waals surface area contributed by atoms with Crippen LogP contribution in [-0.4, -0.2) is 61.0 Å². The fourth-order valence-electron chi connectivity index (χ4n) is 4.08. The molecule has 1 aromatic carbocycles. The van der Waals surface area contributed by atoms with Crippen LogP contribution in [0.5, 0.6) is 0 Å². The molecule has 7 nitrogen and oxygen atoms in total. The number of rotatable bonds is 6. The Morgan fingerprint density at radius 3 is 2.48 bits per heavy atom. The van der Waals surface area contributed by atoms with Crippen molar-refractivity contribution in [2.24, 2.45) is 0 Å². The Labute approximate surface area is 160 Å². The molecule has 1 unspecified atom stereocenters. The van der Waals surface area contributed by atoms with Crippen LogP contribution in [0.15, 0.2) is 18.2 Å². The van der Waals surface area contributed by atoms with E-state index in [9.17, 15) is 9.59 Å². The number of amides is 1. The van der Waals surface area contributed by atoms with Gasteiger partial charge in [0.15, 0.2) is 12.6 Å². The van der Waals surface area contributed by atoms with Gasteiger partial charge in [0, 0.05) is 19.7 Å². The molecule has 0 N–H and O–H groups in total. The van der Waals surface area contributed by atoms with Crippen molar-refractivity contribution in [3.63, 3.8) is 0 Å². The lowest BCUT2D eigenvalue weighted by molar-refractivity contribution is -0.259. The van der Waals surface area contributed by atoms with Crippen molar-refractivity contribution >= 4 is 11.7 Å². The lowest BCUT2D eigenvalue weighted by Crippen LogP contribution is -2.56. The second kappa shape index (κ2) is 8.06. The summed E-state index contributed by atoms with van der Waals surface area (Å²) in [5.41, 5.74) is 1.83. The first-order valence-corrected chi connectivity index (χ1v) is 9.40. The molecule has 0 radical (unpaired) electrons. The molecule has 2 heterocycles. The lowest BCUT2D eigenvalue weighted by atomic mass is 9.80. The molecule has 7 heteroatoms. The summed E-state index contributed by atoms with van der Waals surface area (Å²) in [5, 5.41) is 3.09. The SMILES string of the molecule is CCOCON1C(=O)C(c2ccc(C)cc2C)C(=O)C12CCN(OC)CC2. The van der Waals surface area contributed by atoms with Gasteiger partial charge in [0.05, 0.1) is 7.11 Å². The first-order chi connectivity index (χ1) is 12.9. The van der Waals surface area contributed by atoms with Crippen LogP contribution >= 0.6 is 0 Å². The van der Waals surface area contributed by atoms with E-state index in [1.165, 1.54) is 5.06 Å². The number of Topliss-reactive ketones (excluding diaryl/α,β-unsaturated/α-hetero) is 1. The van der Waals surface area contributed by atoms with E-state index in [1.54, 1.807) is 12.2 Å². The van der Waals surface area contributed by atoms with Crippen LogP contribution in [-0.2, 0) is 24.0 Å². The van der Waals surface area contributed by atoms with Crippen molar-refractivity contribution in [3.05, 3.63) is 34.9 Å². The van der Waals surface area contributed by atoms with Crippen LogP contribution < -0.4 is 0 Å². The number of nitrogens with zero attached hydrogens (tertiary/aromatic N) is 2. The molecule has 1 amide bonds. The zero-order valence-corrected chi connectivity index (χ0v) is 16.5. The zero-order chi connectivity index (χ0) is 19.6. The Morgan fingerprint density at radius 2 is 1.89 bits per heavy atom. The second-order valence-corrected chi connectivity index (χ2v) is 7.17. The highest BCUT2D eigenvalue weighted by Crippen LogP contribution is 2.44. The van der Waals surface area contributed by atoms with Crippen LogP contribution in [0.1, 0.15) is 42.4 Å². The van der Waals surface area contributed by atoms with Gasteiger partial charge in [-0.25, -0.2) is 9.90 Å². The number of hydrogen-bond donors (Lipinski definition) is 0. The van der Waals surface area contributed by atoms with Crippen molar-refractivity contribution in [2.75, 3.05) is 33.6 Å². The van der Waals surface area contributed by atoms with Gasteiger partial charge in [0.1, 0.15) is 11.5 Å². The fraction of sp³-hybridized carbons (Fsp3) is 0.600. The topological polar surface area (TPSA) is 68.3 Å². The number of ether oxygens (including phenoxy) is 1. The molecule has 0 aromatic heterocycles. The number of carbonyl (C=O) groups is 2. The summed E-state index contributed by atoms with van der Waals surface area (Å²) in [6.07, 6.45) is 0.942. The van der Waals surface area contributed by atoms with Crippen LogP contribution in [0, 0.1) is 13.8 Å². The van der Waals surface area contributed by atoms with Gasteiger partial charge < -0.3 is 9.57 Å². The van der Waals surface area contributed by atoms with Crippen molar-refractivity contribution in [1.82, 2.24) is 10.1 Å². The molecule has 1 spiro atoms. The van der Waals surface area contributed by atoms with Crippen LogP contribution in [0.2, 0.25) is 0 Å². The summed E-state index contributed by atoms with van der Waals surface area (Å²) in [6, 6.07) is 5.82. The Balaban J connectivity index is 1.95. The molecule has 148 valence electrons. The quantitative estimate of drug-likeness (QED) is 0.430. The van der Waals surface area contributed by atoms with Gasteiger partial charge in [-0.2, -0.15) is 5.06 Å². The largest absolute Gasteiger partial charge is 0.353 e. The number of ketones is 1. The molecular formula is C20H28N2O5. The highest BCUT2D eigenvalue weighted by Gasteiger charge is 2.60. The van der Waals surface area contributed by atoms with E-state index < -0.39 is 11.5 Å². The van der Waals surface area contributed by atoms with Crippen molar-refractivity contribution in [1.29, 1.82) is 0 Å². The lowest BCUT2D eigenvalue weighted by Gasteiger charge is -2.41. The maximum absolute atomic E-state index is 13.5. The average molecular weight is 376 g/mol. The summed E-state index contributed by atoms with van der Waals surface area (Å²) in [5.74, 6) is -1.23. The molecule has 0 aliphatic carbocycles. The third-order valence-corrected chi connectivity index (χ3v) is 5.57. The Hall–Kier alpha value is -1.80. The number of hydroxylamine groups is 4. The number of piperidine rings is 1. The minimum Gasteiger partial charge on any atom is -0.353 e. The maximum atomic E-state index is 13.5. The molecule has 2 aliphatic heterocycles. The monoisotopic (exact) mass is 376 g/mol. The first kappa shape index (κ1) is 19.9. The minimum atomic E-state index is -0.967. The van der Waals surface area contributed by atoms with Crippen molar-refractivity contribution < 1.29 is 24.0 Å². The van der Waals surface area contributed by atoms with Gasteiger partial charge in [-0.1, -0.05) is 23.8 Å². The zero-order valence-electron chi connectivity index (χ0n) is 16.5. The molecule has 3 rings (SSSR count). The van der Waals surface area contributed by atoms with Gasteiger partial charge in [-0.3, -0.25) is 9.59 Å². The van der Waals surface area contributed by atoms with Crippen LogP contribution in [0.3, 0.4) is 0 Å². The van der Waals surface area contributed by atoms with E-state index >= 15 is 0 Å². The summed E-state index contributed by atoms with van der Waals surface area (Å²) >= 11 is 0. The predicted octanol–water partition coefficient (Wildman–Crippen LogP) is 2.12. The molecule has 0 bridgehead atoms. The predicted molar refractivity (Wildman–Crippen MR) is 98.6 cm³/mol. The highest BCUT2D eigenvalue weighted by atomic mass is 16.8.